The molecular weight excluding hydrogens is 156 g/mol. The topological polar surface area (TPSA) is 35.5 Å². The van der Waals surface area contributed by atoms with E-state index in [1.807, 2.05) is 0 Å². The summed E-state index contributed by atoms with van der Waals surface area (Å²) in [7, 11) is 0. The molecule has 3 nitrogen and oxygen atoms in total. The van der Waals surface area contributed by atoms with E-state index < -0.39 is 0 Å². The summed E-state index contributed by atoms with van der Waals surface area (Å²) in [6.45, 7) is 4.88. The average Bonchev–Trinajstić information content (AvgIpc) is 2.16. The minimum absolute atomic E-state index is 0.0489. The molecule has 0 aromatic rings. The lowest BCUT2D eigenvalue weighted by molar-refractivity contribution is -0.181. The highest BCUT2D eigenvalue weighted by atomic mass is 16.7. The van der Waals surface area contributed by atoms with E-state index in [2.05, 4.69) is 6.58 Å². The van der Waals surface area contributed by atoms with Crippen molar-refractivity contribution in [2.75, 3.05) is 13.2 Å². The number of hydrogen-bond acceptors (Lipinski definition) is 3. The quantitative estimate of drug-likeness (QED) is 0.596. The molecule has 0 aromatic carbocycles. The van der Waals surface area contributed by atoms with Crippen LogP contribution in [0.2, 0.25) is 0 Å². The lowest BCUT2D eigenvalue weighted by Gasteiger charge is -2.22. The Morgan fingerprint density at radius 1 is 1.50 bits per heavy atom. The van der Waals surface area contributed by atoms with Gasteiger partial charge in [0, 0.05) is 12.8 Å². The maximum Gasteiger partial charge on any atom is 0.158 e. The van der Waals surface area contributed by atoms with Gasteiger partial charge in [0.15, 0.2) is 12.1 Å². The van der Waals surface area contributed by atoms with E-state index >= 15 is 0 Å². The molecule has 68 valence electrons. The Labute approximate surface area is 72.4 Å². The molecule has 0 unspecified atom stereocenters. The fourth-order valence-electron chi connectivity index (χ4n) is 1.07. The molecule has 0 spiro atoms. The van der Waals surface area contributed by atoms with E-state index in [1.165, 1.54) is 6.08 Å². The van der Waals surface area contributed by atoms with E-state index in [1.54, 1.807) is 0 Å². The van der Waals surface area contributed by atoms with Crippen molar-refractivity contribution in [1.82, 2.24) is 0 Å². The van der Waals surface area contributed by atoms with E-state index in [-0.39, 0.29) is 12.1 Å². The van der Waals surface area contributed by atoms with Crippen LogP contribution in [-0.2, 0) is 14.3 Å². The monoisotopic (exact) mass is 170 g/mol. The van der Waals surface area contributed by atoms with Gasteiger partial charge < -0.3 is 9.47 Å². The van der Waals surface area contributed by atoms with Gasteiger partial charge in [-0.25, -0.2) is 0 Å². The molecule has 1 saturated heterocycles. The first-order valence-corrected chi connectivity index (χ1v) is 4.21. The highest BCUT2D eigenvalue weighted by Gasteiger charge is 2.14. The number of ketones is 1. The molecule has 1 fully saturated rings. The lowest BCUT2D eigenvalue weighted by atomic mass is 10.2. The Balaban J connectivity index is 2.12. The molecule has 0 N–H and O–H groups in total. The average molecular weight is 170 g/mol. The molecule has 0 radical (unpaired) electrons. The summed E-state index contributed by atoms with van der Waals surface area (Å²) >= 11 is 0. The third-order valence-electron chi connectivity index (χ3n) is 1.75. The molecule has 1 aliphatic rings. The number of hydrogen-bond donors (Lipinski definition) is 0. The van der Waals surface area contributed by atoms with Gasteiger partial charge >= 0.3 is 0 Å². The smallest absolute Gasteiger partial charge is 0.158 e. The van der Waals surface area contributed by atoms with Crippen LogP contribution >= 0.6 is 0 Å². The van der Waals surface area contributed by atoms with E-state index in [0.29, 0.717) is 12.8 Å². The number of rotatable bonds is 4. The number of allylic oxidation sites excluding steroid dienone is 1. The van der Waals surface area contributed by atoms with Crippen molar-refractivity contribution in [3.63, 3.8) is 0 Å². The SMILES string of the molecule is C=CC(=O)CCC1OCCCO1. The number of carbonyl (C=O) groups excluding carboxylic acids is 1. The Kier molecular flexibility index (Phi) is 3.97. The summed E-state index contributed by atoms with van der Waals surface area (Å²) in [6, 6.07) is 0. The zero-order valence-corrected chi connectivity index (χ0v) is 7.12. The fraction of sp³-hybridized carbons (Fsp3) is 0.667. The van der Waals surface area contributed by atoms with Gasteiger partial charge in [-0.1, -0.05) is 6.58 Å². The van der Waals surface area contributed by atoms with Crippen molar-refractivity contribution >= 4 is 5.78 Å². The molecule has 1 rings (SSSR count). The molecular formula is C9H14O3. The minimum Gasteiger partial charge on any atom is -0.353 e. The minimum atomic E-state index is -0.178. The molecule has 0 aromatic heterocycles. The van der Waals surface area contributed by atoms with Crippen LogP contribution in [0.3, 0.4) is 0 Å². The summed E-state index contributed by atoms with van der Waals surface area (Å²) < 4.78 is 10.5. The number of carbonyl (C=O) groups is 1. The van der Waals surface area contributed by atoms with Crippen LogP contribution < -0.4 is 0 Å². The summed E-state index contributed by atoms with van der Waals surface area (Å²) in [5.74, 6) is 0.0489. The van der Waals surface area contributed by atoms with Crippen molar-refractivity contribution in [2.45, 2.75) is 25.6 Å². The maximum absolute atomic E-state index is 10.8. The van der Waals surface area contributed by atoms with Crippen LogP contribution in [0.15, 0.2) is 12.7 Å². The first-order chi connectivity index (χ1) is 5.83. The molecule has 12 heavy (non-hydrogen) atoms. The van der Waals surface area contributed by atoms with Crippen LogP contribution in [0.1, 0.15) is 19.3 Å². The Morgan fingerprint density at radius 2 is 2.17 bits per heavy atom. The summed E-state index contributed by atoms with van der Waals surface area (Å²) in [6.07, 6.45) is 3.22. The molecule has 1 heterocycles. The molecule has 0 amide bonds. The van der Waals surface area contributed by atoms with Crippen LogP contribution in [0, 0.1) is 0 Å². The van der Waals surface area contributed by atoms with Crippen molar-refractivity contribution < 1.29 is 14.3 Å². The Bertz CT molecular complexity index is 159. The van der Waals surface area contributed by atoms with Gasteiger partial charge in [0.25, 0.3) is 0 Å². The summed E-state index contributed by atoms with van der Waals surface area (Å²) in [5, 5.41) is 0. The highest BCUT2D eigenvalue weighted by Crippen LogP contribution is 2.10. The van der Waals surface area contributed by atoms with Gasteiger partial charge in [0.1, 0.15) is 0 Å². The first-order valence-electron chi connectivity index (χ1n) is 4.21. The van der Waals surface area contributed by atoms with E-state index in [4.69, 9.17) is 9.47 Å². The molecule has 0 aliphatic carbocycles. The van der Waals surface area contributed by atoms with Gasteiger partial charge in [0.2, 0.25) is 0 Å². The lowest BCUT2D eigenvalue weighted by Crippen LogP contribution is -2.25. The Morgan fingerprint density at radius 3 is 2.75 bits per heavy atom. The van der Waals surface area contributed by atoms with Crippen LogP contribution in [0.4, 0.5) is 0 Å². The zero-order valence-electron chi connectivity index (χ0n) is 7.12. The van der Waals surface area contributed by atoms with Gasteiger partial charge in [-0.05, 0) is 12.5 Å². The standard InChI is InChI=1S/C9H14O3/c1-2-8(10)4-5-9-11-6-3-7-12-9/h2,9H,1,3-7H2. The zero-order chi connectivity index (χ0) is 8.81. The number of ether oxygens (including phenoxy) is 2. The third kappa shape index (κ3) is 3.15. The van der Waals surface area contributed by atoms with Gasteiger partial charge in [0.05, 0.1) is 13.2 Å². The first kappa shape index (κ1) is 9.42. The van der Waals surface area contributed by atoms with Crippen molar-refractivity contribution in [3.8, 4) is 0 Å². The van der Waals surface area contributed by atoms with Crippen LogP contribution in [0.5, 0.6) is 0 Å². The van der Waals surface area contributed by atoms with Gasteiger partial charge in [-0.15, -0.1) is 0 Å². The summed E-state index contributed by atoms with van der Waals surface area (Å²) in [4.78, 5) is 10.8. The van der Waals surface area contributed by atoms with E-state index in [9.17, 15) is 4.79 Å². The van der Waals surface area contributed by atoms with Crippen LogP contribution in [0.25, 0.3) is 0 Å². The molecule has 0 saturated carbocycles. The van der Waals surface area contributed by atoms with Crippen molar-refractivity contribution in [1.29, 1.82) is 0 Å². The largest absolute Gasteiger partial charge is 0.353 e. The van der Waals surface area contributed by atoms with Crippen molar-refractivity contribution in [2.24, 2.45) is 0 Å². The second-order valence-corrected chi connectivity index (χ2v) is 2.73. The second kappa shape index (κ2) is 5.06. The predicted octanol–water partition coefficient (Wildman–Crippen LogP) is 1.28. The normalized spacial score (nSPS) is 19.0. The second-order valence-electron chi connectivity index (χ2n) is 2.73. The molecule has 0 atom stereocenters. The molecule has 1 aliphatic heterocycles. The third-order valence-corrected chi connectivity index (χ3v) is 1.75. The Hall–Kier alpha value is -0.670. The van der Waals surface area contributed by atoms with E-state index in [0.717, 1.165) is 19.6 Å². The molecule has 0 bridgehead atoms. The van der Waals surface area contributed by atoms with Gasteiger partial charge in [-0.3, -0.25) is 4.79 Å². The highest BCUT2D eigenvalue weighted by molar-refractivity contribution is 5.88. The van der Waals surface area contributed by atoms with Crippen LogP contribution in [-0.4, -0.2) is 25.3 Å². The fourth-order valence-corrected chi connectivity index (χ4v) is 1.07. The summed E-state index contributed by atoms with van der Waals surface area (Å²) in [5.41, 5.74) is 0. The maximum atomic E-state index is 10.8. The predicted molar refractivity (Wildman–Crippen MR) is 44.7 cm³/mol. The van der Waals surface area contributed by atoms with Gasteiger partial charge in [-0.2, -0.15) is 0 Å². The van der Waals surface area contributed by atoms with Crippen molar-refractivity contribution in [3.05, 3.63) is 12.7 Å². The molecule has 3 heteroatoms.